The van der Waals surface area contributed by atoms with Gasteiger partial charge in [-0.05, 0) is 18.4 Å². The zero-order valence-corrected chi connectivity index (χ0v) is 12.0. The Morgan fingerprint density at radius 3 is 2.68 bits per heavy atom. The Kier molecular flexibility index (Phi) is 4.10. The van der Waals surface area contributed by atoms with Gasteiger partial charge in [0.2, 0.25) is 5.91 Å². The molecule has 1 fully saturated rings. The van der Waals surface area contributed by atoms with Crippen molar-refractivity contribution < 1.29 is 9.53 Å². The quantitative estimate of drug-likeness (QED) is 0.904. The Labute approximate surface area is 114 Å². The fourth-order valence-electron chi connectivity index (χ4n) is 2.58. The van der Waals surface area contributed by atoms with Gasteiger partial charge < -0.3 is 9.64 Å². The minimum Gasteiger partial charge on any atom is -0.496 e. The molecule has 0 aliphatic carbocycles. The lowest BCUT2D eigenvalue weighted by Gasteiger charge is -2.21. The largest absolute Gasteiger partial charge is 0.496 e. The van der Waals surface area contributed by atoms with E-state index < -0.39 is 0 Å². The number of para-hydroxylation sites is 1. The molecule has 1 aromatic rings. The molecule has 19 heavy (non-hydrogen) atoms. The van der Waals surface area contributed by atoms with E-state index in [9.17, 15) is 4.79 Å². The van der Waals surface area contributed by atoms with E-state index in [0.29, 0.717) is 5.92 Å². The van der Waals surface area contributed by atoms with Gasteiger partial charge in [-0.3, -0.25) is 10.1 Å². The number of hydrogen-bond acceptors (Lipinski definition) is 3. The molecular formula is C15H22N2O2. The standard InChI is InChI=1S/C15H22N2O2/c1-10(2)9-12-15(18)17(3)14(16-12)11-7-5-6-8-13(11)19-4/h5-8,10,12,14,16H,9H2,1-4H3. The fraction of sp³-hybridized carbons (Fsp3) is 0.533. The van der Waals surface area contributed by atoms with Gasteiger partial charge in [0, 0.05) is 12.6 Å². The van der Waals surface area contributed by atoms with Crippen LogP contribution in [0.3, 0.4) is 0 Å². The summed E-state index contributed by atoms with van der Waals surface area (Å²) in [6.07, 6.45) is 0.752. The van der Waals surface area contributed by atoms with Gasteiger partial charge in [-0.1, -0.05) is 32.0 Å². The van der Waals surface area contributed by atoms with Gasteiger partial charge >= 0.3 is 0 Å². The first-order valence-corrected chi connectivity index (χ1v) is 6.70. The van der Waals surface area contributed by atoms with Crippen LogP contribution in [0.4, 0.5) is 0 Å². The normalized spacial score (nSPS) is 23.2. The molecular weight excluding hydrogens is 240 g/mol. The number of methoxy groups -OCH3 is 1. The van der Waals surface area contributed by atoms with E-state index in [4.69, 9.17) is 4.74 Å². The lowest BCUT2D eigenvalue weighted by molar-refractivity contribution is -0.129. The smallest absolute Gasteiger partial charge is 0.241 e. The average molecular weight is 262 g/mol. The van der Waals surface area contributed by atoms with Crippen LogP contribution < -0.4 is 10.1 Å². The molecule has 2 atom stereocenters. The minimum atomic E-state index is -0.104. The number of likely N-dealkylation sites (N-methyl/N-ethyl adjacent to an activating group) is 1. The highest BCUT2D eigenvalue weighted by molar-refractivity contribution is 5.84. The third-order valence-electron chi connectivity index (χ3n) is 3.53. The maximum absolute atomic E-state index is 12.2. The number of carbonyl (C=O) groups excluding carboxylic acids is 1. The third-order valence-corrected chi connectivity index (χ3v) is 3.53. The maximum atomic E-state index is 12.2. The molecule has 4 nitrogen and oxygen atoms in total. The number of carbonyl (C=O) groups is 1. The van der Waals surface area contributed by atoms with E-state index in [0.717, 1.165) is 17.7 Å². The number of ether oxygens (including phenoxy) is 1. The van der Waals surface area contributed by atoms with Gasteiger partial charge in [-0.15, -0.1) is 0 Å². The molecule has 0 bridgehead atoms. The average Bonchev–Trinajstić information content (AvgIpc) is 2.66. The van der Waals surface area contributed by atoms with Crippen LogP contribution in [0.2, 0.25) is 0 Å². The SMILES string of the molecule is COc1ccccc1C1NC(CC(C)C)C(=O)N1C. The topological polar surface area (TPSA) is 41.6 Å². The highest BCUT2D eigenvalue weighted by Gasteiger charge is 2.38. The molecule has 2 unspecified atom stereocenters. The van der Waals surface area contributed by atoms with Gasteiger partial charge in [-0.2, -0.15) is 0 Å². The molecule has 4 heteroatoms. The lowest BCUT2D eigenvalue weighted by Crippen LogP contribution is -2.30. The Morgan fingerprint density at radius 1 is 1.37 bits per heavy atom. The number of rotatable bonds is 4. The molecule has 0 aromatic heterocycles. The van der Waals surface area contributed by atoms with Crippen LogP contribution in [-0.4, -0.2) is 31.0 Å². The highest BCUT2D eigenvalue weighted by Crippen LogP contribution is 2.31. The highest BCUT2D eigenvalue weighted by atomic mass is 16.5. The van der Waals surface area contributed by atoms with Crippen LogP contribution in [0.5, 0.6) is 5.75 Å². The molecule has 1 saturated heterocycles. The van der Waals surface area contributed by atoms with Crippen LogP contribution in [0.15, 0.2) is 24.3 Å². The zero-order valence-electron chi connectivity index (χ0n) is 12.0. The van der Waals surface area contributed by atoms with E-state index in [1.165, 1.54) is 0 Å². The lowest BCUT2D eigenvalue weighted by atomic mass is 10.0. The number of amides is 1. The van der Waals surface area contributed by atoms with E-state index in [1.54, 1.807) is 12.0 Å². The Morgan fingerprint density at radius 2 is 2.05 bits per heavy atom. The van der Waals surface area contributed by atoms with Crippen LogP contribution in [0, 0.1) is 5.92 Å². The van der Waals surface area contributed by atoms with Gasteiger partial charge in [0.1, 0.15) is 11.9 Å². The summed E-state index contributed by atoms with van der Waals surface area (Å²) in [5.74, 6) is 1.46. The van der Waals surface area contributed by atoms with Crippen molar-refractivity contribution in [1.29, 1.82) is 0 Å². The van der Waals surface area contributed by atoms with Crippen LogP contribution >= 0.6 is 0 Å². The second-order valence-electron chi connectivity index (χ2n) is 5.44. The molecule has 1 N–H and O–H groups in total. The number of benzene rings is 1. The Hall–Kier alpha value is -1.55. The first kappa shape index (κ1) is 13.9. The van der Waals surface area contributed by atoms with Crippen molar-refractivity contribution in [3.05, 3.63) is 29.8 Å². The van der Waals surface area contributed by atoms with Crippen molar-refractivity contribution in [3.63, 3.8) is 0 Å². The van der Waals surface area contributed by atoms with Crippen molar-refractivity contribution in [1.82, 2.24) is 10.2 Å². The van der Waals surface area contributed by atoms with Gasteiger partial charge in [0.25, 0.3) is 0 Å². The predicted octanol–water partition coefficient (Wildman–Crippen LogP) is 2.17. The molecule has 1 aromatic carbocycles. The minimum absolute atomic E-state index is 0.0973. The van der Waals surface area contributed by atoms with E-state index in [1.807, 2.05) is 31.3 Å². The summed E-state index contributed by atoms with van der Waals surface area (Å²) < 4.78 is 5.38. The van der Waals surface area contributed by atoms with Gasteiger partial charge in [0.05, 0.1) is 13.2 Å². The van der Waals surface area contributed by atoms with E-state index in [2.05, 4.69) is 19.2 Å². The van der Waals surface area contributed by atoms with Crippen LogP contribution in [-0.2, 0) is 4.79 Å². The maximum Gasteiger partial charge on any atom is 0.241 e. The fourth-order valence-corrected chi connectivity index (χ4v) is 2.58. The van der Waals surface area contributed by atoms with Crippen LogP contribution in [0.25, 0.3) is 0 Å². The Balaban J connectivity index is 2.24. The Bertz CT molecular complexity index is 459. The monoisotopic (exact) mass is 262 g/mol. The number of hydrogen-bond donors (Lipinski definition) is 1. The summed E-state index contributed by atoms with van der Waals surface area (Å²) >= 11 is 0. The number of nitrogens with zero attached hydrogens (tertiary/aromatic N) is 1. The molecule has 0 radical (unpaired) electrons. The molecule has 2 rings (SSSR count). The second kappa shape index (κ2) is 5.61. The second-order valence-corrected chi connectivity index (χ2v) is 5.44. The molecule has 1 heterocycles. The summed E-state index contributed by atoms with van der Waals surface area (Å²) in [7, 11) is 3.49. The number of nitrogens with one attached hydrogen (secondary N) is 1. The van der Waals surface area contributed by atoms with Crippen molar-refractivity contribution in [2.45, 2.75) is 32.5 Å². The molecule has 104 valence electrons. The molecule has 0 saturated carbocycles. The van der Waals surface area contributed by atoms with Gasteiger partial charge in [0.15, 0.2) is 0 Å². The first-order valence-electron chi connectivity index (χ1n) is 6.70. The summed E-state index contributed by atoms with van der Waals surface area (Å²) in [5.41, 5.74) is 1.01. The summed E-state index contributed by atoms with van der Waals surface area (Å²) in [4.78, 5) is 14.0. The molecule has 0 spiro atoms. The first-order chi connectivity index (χ1) is 9.04. The van der Waals surface area contributed by atoms with Gasteiger partial charge in [-0.25, -0.2) is 0 Å². The summed E-state index contributed by atoms with van der Waals surface area (Å²) in [5, 5.41) is 3.41. The van der Waals surface area contributed by atoms with Crippen molar-refractivity contribution in [2.24, 2.45) is 5.92 Å². The van der Waals surface area contributed by atoms with E-state index in [-0.39, 0.29) is 18.1 Å². The molecule has 1 amide bonds. The van der Waals surface area contributed by atoms with Crippen molar-refractivity contribution in [2.75, 3.05) is 14.2 Å². The molecule has 1 aliphatic heterocycles. The van der Waals surface area contributed by atoms with Crippen molar-refractivity contribution >= 4 is 5.91 Å². The summed E-state index contributed by atoms with van der Waals surface area (Å²) in [6, 6.07) is 7.72. The third kappa shape index (κ3) is 2.73. The predicted molar refractivity (Wildman–Crippen MR) is 74.9 cm³/mol. The van der Waals surface area contributed by atoms with Crippen molar-refractivity contribution in [3.8, 4) is 5.75 Å². The summed E-state index contributed by atoms with van der Waals surface area (Å²) in [6.45, 7) is 4.26. The van der Waals surface area contributed by atoms with E-state index >= 15 is 0 Å². The van der Waals surface area contributed by atoms with Crippen LogP contribution in [0.1, 0.15) is 32.0 Å². The zero-order chi connectivity index (χ0) is 14.0. The molecule has 1 aliphatic rings.